The van der Waals surface area contributed by atoms with Crippen LogP contribution in [0.2, 0.25) is 0 Å². The van der Waals surface area contributed by atoms with Gasteiger partial charge < -0.3 is 5.32 Å². The molecule has 0 radical (unpaired) electrons. The van der Waals surface area contributed by atoms with Crippen molar-refractivity contribution >= 4 is 28.3 Å². The highest BCUT2D eigenvalue weighted by Crippen LogP contribution is 2.25. The molecule has 0 amide bonds. The van der Waals surface area contributed by atoms with Crippen molar-refractivity contribution in [3.63, 3.8) is 0 Å². The van der Waals surface area contributed by atoms with Crippen molar-refractivity contribution in [3.05, 3.63) is 15.9 Å². The number of fused-ring (bicyclic) bond motifs is 2. The van der Waals surface area contributed by atoms with E-state index in [2.05, 4.69) is 38.2 Å². The molecule has 2 fully saturated rings. The third kappa shape index (κ3) is 3.15. The molecule has 0 aromatic carbocycles. The van der Waals surface area contributed by atoms with Gasteiger partial charge in [0.2, 0.25) is 0 Å². The fourth-order valence-electron chi connectivity index (χ4n) is 3.22. The van der Waals surface area contributed by atoms with Gasteiger partial charge in [-0.2, -0.15) is 5.10 Å². The van der Waals surface area contributed by atoms with Gasteiger partial charge in [0, 0.05) is 38.8 Å². The number of likely N-dealkylation sites (tertiary alicyclic amines) is 1. The third-order valence-corrected chi connectivity index (χ3v) is 5.27. The first-order valence-corrected chi connectivity index (χ1v) is 7.59. The Kier molecular flexibility index (Phi) is 4.93. The van der Waals surface area contributed by atoms with Gasteiger partial charge in [0.25, 0.3) is 0 Å². The van der Waals surface area contributed by atoms with E-state index in [0.29, 0.717) is 6.04 Å². The van der Waals surface area contributed by atoms with Crippen LogP contribution in [0.25, 0.3) is 0 Å². The van der Waals surface area contributed by atoms with Crippen LogP contribution >= 0.6 is 28.3 Å². The van der Waals surface area contributed by atoms with E-state index in [4.69, 9.17) is 0 Å². The van der Waals surface area contributed by atoms with Gasteiger partial charge in [-0.3, -0.25) is 9.58 Å². The lowest BCUT2D eigenvalue weighted by atomic mass is 10.1. The molecule has 0 saturated carbocycles. The number of aryl methyl sites for hydroxylation is 2. The summed E-state index contributed by atoms with van der Waals surface area (Å²) in [6, 6.07) is 1.46. The van der Waals surface area contributed by atoms with Crippen LogP contribution < -0.4 is 5.32 Å². The molecular weight excluding hydrogens is 328 g/mol. The van der Waals surface area contributed by atoms with Gasteiger partial charge in [-0.25, -0.2) is 0 Å². The molecule has 108 valence electrons. The molecule has 3 rings (SSSR count). The Morgan fingerprint density at radius 3 is 2.74 bits per heavy atom. The van der Waals surface area contributed by atoms with E-state index in [-0.39, 0.29) is 12.4 Å². The van der Waals surface area contributed by atoms with Crippen LogP contribution in [0.4, 0.5) is 0 Å². The van der Waals surface area contributed by atoms with Crippen LogP contribution in [-0.4, -0.2) is 39.9 Å². The molecule has 2 atom stereocenters. The minimum absolute atomic E-state index is 0. The average Bonchev–Trinajstić information content (AvgIpc) is 2.77. The summed E-state index contributed by atoms with van der Waals surface area (Å²) in [5.41, 5.74) is 2.38. The van der Waals surface area contributed by atoms with Crippen molar-refractivity contribution in [1.82, 2.24) is 20.0 Å². The van der Waals surface area contributed by atoms with Crippen molar-refractivity contribution in [2.24, 2.45) is 7.05 Å². The quantitative estimate of drug-likeness (QED) is 0.889. The van der Waals surface area contributed by atoms with Gasteiger partial charge in [0.1, 0.15) is 0 Å². The number of hydrogen-bond acceptors (Lipinski definition) is 3. The molecule has 6 heteroatoms. The molecule has 2 unspecified atom stereocenters. The largest absolute Gasteiger partial charge is 0.310 e. The molecule has 19 heavy (non-hydrogen) atoms. The predicted molar refractivity (Wildman–Crippen MR) is 82.7 cm³/mol. The van der Waals surface area contributed by atoms with Gasteiger partial charge in [0.15, 0.2) is 0 Å². The second-order valence-corrected chi connectivity index (χ2v) is 6.42. The Bertz CT molecular complexity index is 448. The lowest BCUT2D eigenvalue weighted by Crippen LogP contribution is -2.35. The van der Waals surface area contributed by atoms with E-state index in [9.17, 15) is 0 Å². The Morgan fingerprint density at radius 1 is 1.32 bits per heavy atom. The van der Waals surface area contributed by atoms with E-state index in [1.54, 1.807) is 0 Å². The Balaban J connectivity index is 0.00000133. The lowest BCUT2D eigenvalue weighted by Gasteiger charge is -2.24. The SMILES string of the molecule is Cc1nn(C)c(CN2CCC3CCC(C2)N3)c1Br.Cl. The molecule has 1 aromatic heterocycles. The van der Waals surface area contributed by atoms with Gasteiger partial charge in [-0.15, -0.1) is 12.4 Å². The maximum Gasteiger partial charge on any atom is 0.0739 e. The molecule has 1 N–H and O–H groups in total. The first kappa shape index (κ1) is 15.3. The molecule has 1 aromatic rings. The zero-order valence-corrected chi connectivity index (χ0v) is 13.9. The van der Waals surface area contributed by atoms with Crippen LogP contribution in [0.15, 0.2) is 4.47 Å². The molecule has 2 aliphatic rings. The van der Waals surface area contributed by atoms with Crippen LogP contribution in [0, 0.1) is 6.92 Å². The minimum Gasteiger partial charge on any atom is -0.310 e. The number of halogens is 2. The number of hydrogen-bond donors (Lipinski definition) is 1. The fraction of sp³-hybridized carbons (Fsp3) is 0.769. The zero-order valence-electron chi connectivity index (χ0n) is 11.5. The number of aromatic nitrogens is 2. The lowest BCUT2D eigenvalue weighted by molar-refractivity contribution is 0.244. The first-order valence-electron chi connectivity index (χ1n) is 6.80. The zero-order chi connectivity index (χ0) is 12.7. The Labute approximate surface area is 129 Å². The summed E-state index contributed by atoms with van der Waals surface area (Å²) in [5, 5.41) is 8.20. The molecule has 2 bridgehead atoms. The highest BCUT2D eigenvalue weighted by atomic mass is 79.9. The second-order valence-electron chi connectivity index (χ2n) is 5.63. The Morgan fingerprint density at radius 2 is 2.05 bits per heavy atom. The molecule has 2 aliphatic heterocycles. The fourth-order valence-corrected chi connectivity index (χ4v) is 3.68. The summed E-state index contributed by atoms with van der Waals surface area (Å²) in [6.45, 7) is 5.43. The Hall–Kier alpha value is -0.100. The summed E-state index contributed by atoms with van der Waals surface area (Å²) < 4.78 is 3.18. The normalized spacial score (nSPS) is 27.1. The van der Waals surface area contributed by atoms with E-state index in [1.165, 1.54) is 42.5 Å². The van der Waals surface area contributed by atoms with Crippen molar-refractivity contribution in [2.45, 2.75) is 44.8 Å². The summed E-state index contributed by atoms with van der Waals surface area (Å²) in [7, 11) is 2.04. The number of rotatable bonds is 2. The molecular formula is C13H22BrClN4. The second kappa shape index (κ2) is 6.12. The summed E-state index contributed by atoms with van der Waals surface area (Å²) >= 11 is 3.66. The molecule has 2 saturated heterocycles. The van der Waals surface area contributed by atoms with Gasteiger partial charge in [-0.1, -0.05) is 0 Å². The first-order chi connectivity index (χ1) is 8.63. The minimum atomic E-state index is 0. The smallest absolute Gasteiger partial charge is 0.0739 e. The average molecular weight is 350 g/mol. The van der Waals surface area contributed by atoms with E-state index in [0.717, 1.165) is 18.3 Å². The van der Waals surface area contributed by atoms with Crippen LogP contribution in [0.5, 0.6) is 0 Å². The number of nitrogens with zero attached hydrogens (tertiary/aromatic N) is 3. The molecule has 0 aliphatic carbocycles. The van der Waals surface area contributed by atoms with Crippen molar-refractivity contribution in [3.8, 4) is 0 Å². The maximum atomic E-state index is 4.47. The van der Waals surface area contributed by atoms with Crippen LogP contribution in [0.3, 0.4) is 0 Å². The predicted octanol–water partition coefficient (Wildman–Crippen LogP) is 2.24. The van der Waals surface area contributed by atoms with Crippen LogP contribution in [-0.2, 0) is 13.6 Å². The maximum absolute atomic E-state index is 4.47. The third-order valence-electron chi connectivity index (χ3n) is 4.24. The highest BCUT2D eigenvalue weighted by molar-refractivity contribution is 9.10. The summed E-state index contributed by atoms with van der Waals surface area (Å²) in [6.07, 6.45) is 3.99. The van der Waals surface area contributed by atoms with E-state index < -0.39 is 0 Å². The molecule has 0 spiro atoms. The van der Waals surface area contributed by atoms with E-state index in [1.807, 2.05) is 11.7 Å². The molecule has 4 nitrogen and oxygen atoms in total. The highest BCUT2D eigenvalue weighted by Gasteiger charge is 2.29. The van der Waals surface area contributed by atoms with Gasteiger partial charge in [-0.05, 0) is 42.1 Å². The van der Waals surface area contributed by atoms with Crippen molar-refractivity contribution < 1.29 is 0 Å². The van der Waals surface area contributed by atoms with Crippen molar-refractivity contribution in [2.75, 3.05) is 13.1 Å². The van der Waals surface area contributed by atoms with Gasteiger partial charge >= 0.3 is 0 Å². The molecule has 3 heterocycles. The topological polar surface area (TPSA) is 33.1 Å². The van der Waals surface area contributed by atoms with Crippen molar-refractivity contribution in [1.29, 1.82) is 0 Å². The summed E-state index contributed by atoms with van der Waals surface area (Å²) in [4.78, 5) is 2.57. The number of nitrogens with one attached hydrogen (secondary N) is 1. The summed E-state index contributed by atoms with van der Waals surface area (Å²) in [5.74, 6) is 0. The van der Waals surface area contributed by atoms with E-state index >= 15 is 0 Å². The van der Waals surface area contributed by atoms with Crippen LogP contribution in [0.1, 0.15) is 30.7 Å². The standard InChI is InChI=1S/C13H21BrN4.ClH/c1-9-13(14)12(17(2)16-9)8-18-6-5-10-3-4-11(7-18)15-10;/h10-11,15H,3-8H2,1-2H3;1H. The van der Waals surface area contributed by atoms with Gasteiger partial charge in [0.05, 0.1) is 15.9 Å². The monoisotopic (exact) mass is 348 g/mol.